The van der Waals surface area contributed by atoms with Crippen molar-refractivity contribution < 1.29 is 0 Å². The van der Waals surface area contributed by atoms with Crippen LogP contribution in [0.25, 0.3) is 65.7 Å². The Morgan fingerprint density at radius 2 is 0.919 bits per heavy atom. The van der Waals surface area contributed by atoms with Crippen molar-refractivity contribution in [2.45, 2.75) is 6.92 Å². The molecule has 0 radical (unpaired) electrons. The fraction of sp³-hybridized carbons (Fsp3) is 0.0270. The van der Waals surface area contributed by atoms with Crippen molar-refractivity contribution in [3.05, 3.63) is 145 Å². The van der Waals surface area contributed by atoms with E-state index in [1.54, 1.807) is 0 Å². The van der Waals surface area contributed by atoms with Gasteiger partial charge in [0, 0.05) is 0 Å². The van der Waals surface area contributed by atoms with Crippen molar-refractivity contribution in [3.8, 4) is 33.4 Å². The van der Waals surface area contributed by atoms with E-state index in [0.29, 0.717) is 0 Å². The Hall–Kier alpha value is -4.68. The molecule has 7 rings (SSSR count). The first-order valence-electron chi connectivity index (χ1n) is 12.9. The third kappa shape index (κ3) is 3.61. The van der Waals surface area contributed by atoms with Gasteiger partial charge in [0.15, 0.2) is 0 Å². The standard InChI is InChI=1S/C37H26/c1-25-18-23-34-35(24-25)37(31-17-9-13-28-12-5-6-14-30(28)31)33-16-8-7-15-32(33)36(34)29-21-19-27(20-22-29)26-10-3-2-4-11-26/h2-24H,1H3. The highest BCUT2D eigenvalue weighted by molar-refractivity contribution is 6.23. The van der Waals surface area contributed by atoms with Gasteiger partial charge in [-0.15, -0.1) is 0 Å². The number of hydrogen-bond donors (Lipinski definition) is 0. The molecule has 0 aliphatic rings. The molecule has 0 bridgehead atoms. The van der Waals surface area contributed by atoms with E-state index >= 15 is 0 Å². The van der Waals surface area contributed by atoms with Gasteiger partial charge in [0.25, 0.3) is 0 Å². The minimum absolute atomic E-state index is 1.24. The van der Waals surface area contributed by atoms with Crippen LogP contribution < -0.4 is 0 Å². The van der Waals surface area contributed by atoms with Gasteiger partial charge in [-0.3, -0.25) is 0 Å². The summed E-state index contributed by atoms with van der Waals surface area (Å²) in [6, 6.07) is 50.8. The lowest BCUT2D eigenvalue weighted by Crippen LogP contribution is -1.92. The van der Waals surface area contributed by atoms with Crippen LogP contribution >= 0.6 is 0 Å². The zero-order valence-electron chi connectivity index (χ0n) is 20.8. The SMILES string of the molecule is Cc1ccc2c(-c3ccc(-c4ccccc4)cc3)c3ccccc3c(-c3cccc4ccccc34)c2c1. The van der Waals surface area contributed by atoms with Gasteiger partial charge in [-0.2, -0.15) is 0 Å². The molecule has 0 aliphatic heterocycles. The largest absolute Gasteiger partial charge is 0.0622 e. The van der Waals surface area contributed by atoms with E-state index in [-0.39, 0.29) is 0 Å². The molecule has 0 heteroatoms. The summed E-state index contributed by atoms with van der Waals surface area (Å²) >= 11 is 0. The van der Waals surface area contributed by atoms with Gasteiger partial charge >= 0.3 is 0 Å². The molecule has 37 heavy (non-hydrogen) atoms. The van der Waals surface area contributed by atoms with Gasteiger partial charge in [0.2, 0.25) is 0 Å². The smallest absolute Gasteiger partial charge is 0.00200 e. The van der Waals surface area contributed by atoms with Crippen LogP contribution in [0.1, 0.15) is 5.56 Å². The Kier molecular flexibility index (Phi) is 5.11. The molecule has 0 aromatic heterocycles. The average molecular weight is 471 g/mol. The number of fused-ring (bicyclic) bond motifs is 3. The fourth-order valence-corrected chi connectivity index (χ4v) is 5.80. The lowest BCUT2D eigenvalue weighted by molar-refractivity contribution is 1.51. The number of hydrogen-bond acceptors (Lipinski definition) is 0. The van der Waals surface area contributed by atoms with Crippen LogP contribution in [-0.2, 0) is 0 Å². The fourth-order valence-electron chi connectivity index (χ4n) is 5.80. The first-order valence-corrected chi connectivity index (χ1v) is 12.9. The van der Waals surface area contributed by atoms with Crippen LogP contribution in [-0.4, -0.2) is 0 Å². The molecule has 0 nitrogen and oxygen atoms in total. The minimum Gasteiger partial charge on any atom is -0.0622 e. The molecule has 0 unspecified atom stereocenters. The number of aryl methyl sites for hydroxylation is 1. The molecule has 7 aromatic carbocycles. The van der Waals surface area contributed by atoms with E-state index in [2.05, 4.69) is 146 Å². The second kappa shape index (κ2) is 8.76. The maximum atomic E-state index is 2.36. The predicted octanol–water partition coefficient (Wildman–Crippen LogP) is 10.5. The van der Waals surface area contributed by atoms with Crippen molar-refractivity contribution in [1.82, 2.24) is 0 Å². The molecule has 0 amide bonds. The van der Waals surface area contributed by atoms with Gasteiger partial charge in [0.1, 0.15) is 0 Å². The summed E-state index contributed by atoms with van der Waals surface area (Å²) in [4.78, 5) is 0. The lowest BCUT2D eigenvalue weighted by atomic mass is 9.84. The summed E-state index contributed by atoms with van der Waals surface area (Å²) in [7, 11) is 0. The molecule has 174 valence electrons. The van der Waals surface area contributed by atoms with Crippen molar-refractivity contribution in [2.24, 2.45) is 0 Å². The van der Waals surface area contributed by atoms with Crippen molar-refractivity contribution in [1.29, 1.82) is 0 Å². The highest BCUT2D eigenvalue weighted by atomic mass is 14.2. The second-order valence-corrected chi connectivity index (χ2v) is 9.81. The van der Waals surface area contributed by atoms with Gasteiger partial charge in [-0.25, -0.2) is 0 Å². The minimum atomic E-state index is 1.24. The van der Waals surface area contributed by atoms with Crippen LogP contribution in [0.15, 0.2) is 140 Å². The second-order valence-electron chi connectivity index (χ2n) is 9.81. The van der Waals surface area contributed by atoms with E-state index in [1.807, 2.05) is 0 Å². The summed E-state index contributed by atoms with van der Waals surface area (Å²) in [5.41, 5.74) is 8.90. The maximum Gasteiger partial charge on any atom is -0.00200 e. The Morgan fingerprint density at radius 3 is 1.70 bits per heavy atom. The van der Waals surface area contributed by atoms with Crippen LogP contribution in [0.5, 0.6) is 0 Å². The number of rotatable bonds is 3. The summed E-state index contributed by atoms with van der Waals surface area (Å²) in [6.45, 7) is 2.19. The number of benzene rings is 7. The lowest BCUT2D eigenvalue weighted by Gasteiger charge is -2.19. The zero-order chi connectivity index (χ0) is 24.8. The van der Waals surface area contributed by atoms with Crippen LogP contribution in [0.4, 0.5) is 0 Å². The van der Waals surface area contributed by atoms with Gasteiger partial charge in [0.05, 0.1) is 0 Å². The molecule has 0 saturated carbocycles. The van der Waals surface area contributed by atoms with Crippen molar-refractivity contribution in [3.63, 3.8) is 0 Å². The maximum absolute atomic E-state index is 2.36. The molecule has 0 aliphatic carbocycles. The Bertz CT molecular complexity index is 1900. The first kappa shape index (κ1) is 21.6. The molecule has 0 spiro atoms. The third-order valence-electron chi connectivity index (χ3n) is 7.52. The molecule has 0 atom stereocenters. The molecular formula is C37H26. The van der Waals surface area contributed by atoms with E-state index in [4.69, 9.17) is 0 Å². The molecule has 0 heterocycles. The third-order valence-corrected chi connectivity index (χ3v) is 7.52. The monoisotopic (exact) mass is 470 g/mol. The van der Waals surface area contributed by atoms with Crippen LogP contribution in [0, 0.1) is 6.92 Å². The van der Waals surface area contributed by atoms with Crippen molar-refractivity contribution in [2.75, 3.05) is 0 Å². The highest BCUT2D eigenvalue weighted by Gasteiger charge is 2.18. The molecule has 0 N–H and O–H groups in total. The van der Waals surface area contributed by atoms with E-state index in [9.17, 15) is 0 Å². The van der Waals surface area contributed by atoms with Crippen molar-refractivity contribution >= 4 is 32.3 Å². The molecule has 7 aromatic rings. The molecule has 0 fully saturated rings. The summed E-state index contributed by atoms with van der Waals surface area (Å²) in [5.74, 6) is 0. The van der Waals surface area contributed by atoms with Gasteiger partial charge in [-0.1, -0.05) is 145 Å². The Morgan fingerprint density at radius 1 is 0.351 bits per heavy atom. The summed E-state index contributed by atoms with van der Waals surface area (Å²) in [6.07, 6.45) is 0. The van der Waals surface area contributed by atoms with E-state index in [1.165, 1.54) is 71.3 Å². The van der Waals surface area contributed by atoms with Crippen LogP contribution in [0.3, 0.4) is 0 Å². The van der Waals surface area contributed by atoms with Gasteiger partial charge < -0.3 is 0 Å². The summed E-state index contributed by atoms with van der Waals surface area (Å²) < 4.78 is 0. The normalized spacial score (nSPS) is 11.4. The first-order chi connectivity index (χ1) is 18.3. The zero-order valence-corrected chi connectivity index (χ0v) is 20.8. The quantitative estimate of drug-likeness (QED) is 0.225. The molecular weight excluding hydrogens is 444 g/mol. The van der Waals surface area contributed by atoms with Crippen LogP contribution in [0.2, 0.25) is 0 Å². The van der Waals surface area contributed by atoms with Gasteiger partial charge in [-0.05, 0) is 72.6 Å². The summed E-state index contributed by atoms with van der Waals surface area (Å²) in [5, 5.41) is 7.73. The highest BCUT2D eigenvalue weighted by Crippen LogP contribution is 2.45. The Labute approximate surface area is 217 Å². The van der Waals surface area contributed by atoms with E-state index < -0.39 is 0 Å². The van der Waals surface area contributed by atoms with E-state index in [0.717, 1.165) is 0 Å². The average Bonchev–Trinajstić information content (AvgIpc) is 2.96. The molecule has 0 saturated heterocycles. The topological polar surface area (TPSA) is 0 Å². The Balaban J connectivity index is 1.56. The predicted molar refractivity (Wildman–Crippen MR) is 160 cm³/mol.